The Bertz CT molecular complexity index is 621. The van der Waals surface area contributed by atoms with Gasteiger partial charge in [0, 0.05) is 30.8 Å². The number of thioether (sulfide) groups is 1. The highest BCUT2D eigenvalue weighted by atomic mass is 32.2. The molecule has 28 heavy (non-hydrogen) atoms. The lowest BCUT2D eigenvalue weighted by Crippen LogP contribution is -2.29. The molecule has 7 atom stereocenters. The molecule has 0 radical (unpaired) electrons. The van der Waals surface area contributed by atoms with E-state index in [2.05, 4.69) is 0 Å². The largest absolute Gasteiger partial charge is 0.475 e. The van der Waals surface area contributed by atoms with E-state index in [-0.39, 0.29) is 36.9 Å². The lowest BCUT2D eigenvalue weighted by atomic mass is 10.00. The standard InChI is InChI=1S/C17H31O9PS/c1-17(2,3)16(20)28-9-8-24-27(21,25-11-15-12(19)4-6-23-15)26-13-5-7-22-14(13)10-18/h12-15,18-19H,4-11H2,1-3H3/t12?,13?,14-,15-,27+/m1/s1/i6T,7T/t6-,7-,12?,13?,14+,15+,27-/m0. The molecule has 2 aliphatic rings. The molecule has 0 spiro atoms. The summed E-state index contributed by atoms with van der Waals surface area (Å²) in [7, 11) is -4.20. The first-order chi connectivity index (χ1) is 13.9. The second-order valence-corrected chi connectivity index (χ2v) is 10.2. The topological polar surface area (TPSA) is 121 Å². The molecule has 164 valence electrons. The molecule has 0 saturated carbocycles. The normalized spacial score (nSPS) is 36.8. The van der Waals surface area contributed by atoms with E-state index in [0.29, 0.717) is 0 Å². The van der Waals surface area contributed by atoms with Crippen molar-refractivity contribution in [1.82, 2.24) is 0 Å². The average molecular weight is 446 g/mol. The van der Waals surface area contributed by atoms with Gasteiger partial charge in [-0.05, 0) is 6.42 Å². The molecule has 0 aromatic rings. The zero-order valence-corrected chi connectivity index (χ0v) is 18.0. The molecule has 2 saturated heterocycles. The van der Waals surface area contributed by atoms with Crippen LogP contribution in [0.5, 0.6) is 0 Å². The molecular weight excluding hydrogens is 411 g/mol. The maximum atomic E-state index is 13.2. The average Bonchev–Trinajstić information content (AvgIpc) is 3.16. The van der Waals surface area contributed by atoms with Gasteiger partial charge in [0.15, 0.2) is 5.12 Å². The van der Waals surface area contributed by atoms with E-state index in [1.54, 1.807) is 20.8 Å². The first-order valence-electron chi connectivity index (χ1n) is 10.3. The number of carbonyl (C=O) groups is 1. The van der Waals surface area contributed by atoms with Crippen LogP contribution in [0.1, 0.15) is 36.4 Å². The summed E-state index contributed by atoms with van der Waals surface area (Å²) in [4.78, 5) is 12.0. The van der Waals surface area contributed by atoms with Gasteiger partial charge in [-0.3, -0.25) is 18.4 Å². The number of phosphoric acid groups is 1. The molecule has 9 nitrogen and oxygen atoms in total. The molecule has 11 heteroatoms. The second-order valence-electron chi connectivity index (χ2n) is 7.51. The zero-order valence-electron chi connectivity index (χ0n) is 18.3. The van der Waals surface area contributed by atoms with Gasteiger partial charge in [0.25, 0.3) is 0 Å². The number of aliphatic hydroxyl groups excluding tert-OH is 2. The molecule has 2 fully saturated rings. The highest BCUT2D eigenvalue weighted by Crippen LogP contribution is 2.52. The lowest BCUT2D eigenvalue weighted by molar-refractivity contribution is -0.117. The van der Waals surface area contributed by atoms with Gasteiger partial charge < -0.3 is 19.7 Å². The summed E-state index contributed by atoms with van der Waals surface area (Å²) < 4.78 is 55.0. The van der Waals surface area contributed by atoms with E-state index in [1.165, 1.54) is 0 Å². The summed E-state index contributed by atoms with van der Waals surface area (Å²) in [5.74, 6) is 0.218. The van der Waals surface area contributed by atoms with Crippen LogP contribution in [0.25, 0.3) is 0 Å². The van der Waals surface area contributed by atoms with E-state index < -0.39 is 57.4 Å². The predicted octanol–water partition coefficient (Wildman–Crippen LogP) is 1.75. The predicted molar refractivity (Wildman–Crippen MR) is 103 cm³/mol. The Morgan fingerprint density at radius 2 is 1.93 bits per heavy atom. The summed E-state index contributed by atoms with van der Waals surface area (Å²) in [6.45, 7) is 2.66. The fourth-order valence-corrected chi connectivity index (χ4v) is 4.69. The summed E-state index contributed by atoms with van der Waals surface area (Å²) in [5.41, 5.74) is -0.525. The van der Waals surface area contributed by atoms with Gasteiger partial charge in [-0.15, -0.1) is 0 Å². The Balaban J connectivity index is 1.96. The van der Waals surface area contributed by atoms with Crippen LogP contribution in [0.3, 0.4) is 0 Å². The summed E-state index contributed by atoms with van der Waals surface area (Å²) in [6, 6.07) is 0. The molecule has 0 aliphatic carbocycles. The molecule has 0 amide bonds. The van der Waals surface area contributed by atoms with Crippen molar-refractivity contribution < 1.29 is 45.4 Å². The highest BCUT2D eigenvalue weighted by molar-refractivity contribution is 8.13. The van der Waals surface area contributed by atoms with Crippen molar-refractivity contribution in [2.45, 2.75) is 58.0 Å². The maximum Gasteiger partial charge on any atom is 0.475 e. The van der Waals surface area contributed by atoms with Crippen LogP contribution in [-0.4, -0.2) is 78.5 Å². The first kappa shape index (κ1) is 21.2. The SMILES string of the molecule is [3H][C@H]1CC(O)[C@@H](CO[P@](=O)(OCCSC(=O)C(C)(C)C)OC2C[C@H]([3H])O[C@@H]2CO)O1. The number of phosphoric ester groups is 1. The maximum absolute atomic E-state index is 13.2. The number of carbonyl (C=O) groups excluding carboxylic acids is 1. The Kier molecular flexibility index (Phi) is 8.21. The van der Waals surface area contributed by atoms with Gasteiger partial charge in [-0.1, -0.05) is 32.5 Å². The Hall–Kier alpha value is -0.0300. The van der Waals surface area contributed by atoms with Crippen LogP contribution in [0.15, 0.2) is 0 Å². The van der Waals surface area contributed by atoms with Gasteiger partial charge in [-0.25, -0.2) is 4.57 Å². The van der Waals surface area contributed by atoms with Gasteiger partial charge in [-0.2, -0.15) is 0 Å². The summed E-state index contributed by atoms with van der Waals surface area (Å²) in [6.07, 6.45) is -3.37. The van der Waals surface area contributed by atoms with Crippen molar-refractivity contribution in [2.75, 3.05) is 38.7 Å². The van der Waals surface area contributed by atoms with E-state index >= 15 is 0 Å². The van der Waals surface area contributed by atoms with E-state index in [4.69, 9.17) is 25.8 Å². The van der Waals surface area contributed by atoms with Crippen molar-refractivity contribution in [3.8, 4) is 0 Å². The third kappa shape index (κ3) is 7.34. The van der Waals surface area contributed by atoms with Crippen molar-refractivity contribution >= 4 is 24.7 Å². The van der Waals surface area contributed by atoms with Crippen LogP contribution in [0.2, 0.25) is 0 Å². The van der Waals surface area contributed by atoms with Crippen molar-refractivity contribution in [2.24, 2.45) is 5.41 Å². The van der Waals surface area contributed by atoms with E-state index in [1.807, 2.05) is 0 Å². The van der Waals surface area contributed by atoms with Gasteiger partial charge >= 0.3 is 7.82 Å². The number of hydrogen-bond acceptors (Lipinski definition) is 10. The van der Waals surface area contributed by atoms with E-state index in [9.17, 15) is 19.6 Å². The Morgan fingerprint density at radius 1 is 1.25 bits per heavy atom. The monoisotopic (exact) mass is 446 g/mol. The molecule has 0 aromatic carbocycles. The van der Waals surface area contributed by atoms with Crippen LogP contribution in [0, 0.1) is 5.41 Å². The fourth-order valence-electron chi connectivity index (χ4n) is 2.38. The van der Waals surface area contributed by atoms with Crippen LogP contribution >= 0.6 is 19.6 Å². The van der Waals surface area contributed by atoms with Crippen LogP contribution in [-0.2, 0) is 32.4 Å². The third-order valence-corrected chi connectivity index (χ3v) is 6.81. The number of aliphatic hydroxyl groups is 2. The molecule has 2 heterocycles. The molecule has 0 bridgehead atoms. The van der Waals surface area contributed by atoms with Crippen molar-refractivity contribution in [3.63, 3.8) is 0 Å². The van der Waals surface area contributed by atoms with Crippen molar-refractivity contribution in [1.29, 1.82) is 0 Å². The zero-order chi connectivity index (χ0) is 22.5. The molecule has 2 N–H and O–H groups in total. The summed E-state index contributed by atoms with van der Waals surface area (Å²) in [5, 5.41) is 19.2. The Labute approximate surface area is 172 Å². The minimum Gasteiger partial charge on any atom is -0.394 e. The minimum atomic E-state index is -4.20. The second kappa shape index (κ2) is 10.8. The highest BCUT2D eigenvalue weighted by Gasteiger charge is 2.39. The molecule has 2 rings (SSSR count). The minimum absolute atomic E-state index is 0.0479. The lowest BCUT2D eigenvalue weighted by Gasteiger charge is -2.25. The first-order valence-corrected chi connectivity index (χ1v) is 11.6. The quantitative estimate of drug-likeness (QED) is 0.379. The molecule has 0 aromatic heterocycles. The number of rotatable bonds is 10. The summed E-state index contributed by atoms with van der Waals surface area (Å²) >= 11 is 1.04. The molecule has 2 unspecified atom stereocenters. The number of hydrogen-bond donors (Lipinski definition) is 2. The van der Waals surface area contributed by atoms with Gasteiger partial charge in [0.05, 0.1) is 28.7 Å². The molecular formula is C17H31O9PS. The number of ether oxygens (including phenoxy) is 2. The Morgan fingerprint density at radius 3 is 2.54 bits per heavy atom. The third-order valence-electron chi connectivity index (χ3n) is 4.07. The van der Waals surface area contributed by atoms with Gasteiger partial charge in [0.2, 0.25) is 0 Å². The molecule has 2 aliphatic heterocycles. The fraction of sp³-hybridized carbons (Fsp3) is 0.941. The van der Waals surface area contributed by atoms with E-state index in [0.717, 1.165) is 11.8 Å². The van der Waals surface area contributed by atoms with Gasteiger partial charge in [0.1, 0.15) is 18.3 Å². The van der Waals surface area contributed by atoms with Crippen LogP contribution < -0.4 is 0 Å². The van der Waals surface area contributed by atoms with Crippen LogP contribution in [0.4, 0.5) is 0 Å². The smallest absolute Gasteiger partial charge is 0.394 e. The van der Waals surface area contributed by atoms with Crippen molar-refractivity contribution in [3.05, 3.63) is 0 Å².